The monoisotopic (exact) mass is 338 g/mol. The van der Waals surface area contributed by atoms with Crippen LogP contribution in [0.25, 0.3) is 11.5 Å². The van der Waals surface area contributed by atoms with Crippen molar-refractivity contribution < 1.29 is 9.32 Å². The molecule has 8 nitrogen and oxygen atoms in total. The third-order valence-electron chi connectivity index (χ3n) is 4.43. The zero-order valence-corrected chi connectivity index (χ0v) is 13.8. The summed E-state index contributed by atoms with van der Waals surface area (Å²) in [4.78, 5) is 25.2. The first kappa shape index (κ1) is 15.5. The Hall–Kier alpha value is -3.03. The van der Waals surface area contributed by atoms with Crippen molar-refractivity contribution in [3.05, 3.63) is 49.0 Å². The Balaban J connectivity index is 1.43. The van der Waals surface area contributed by atoms with E-state index >= 15 is 0 Å². The van der Waals surface area contributed by atoms with Crippen molar-refractivity contribution in [2.45, 2.75) is 32.4 Å². The molecule has 25 heavy (non-hydrogen) atoms. The van der Waals surface area contributed by atoms with Crippen LogP contribution >= 0.6 is 0 Å². The Morgan fingerprint density at radius 1 is 1.40 bits per heavy atom. The van der Waals surface area contributed by atoms with Crippen molar-refractivity contribution in [3.63, 3.8) is 0 Å². The van der Waals surface area contributed by atoms with Crippen molar-refractivity contribution in [2.24, 2.45) is 5.41 Å². The predicted molar refractivity (Wildman–Crippen MR) is 88.0 cm³/mol. The number of hydrogen-bond donors (Lipinski definition) is 1. The number of nitrogens with zero attached hydrogens (tertiary/aromatic N) is 5. The number of rotatable bonds is 6. The van der Waals surface area contributed by atoms with E-state index in [0.29, 0.717) is 24.0 Å². The number of carbonyl (C=O) groups excluding carboxylic acids is 1. The second-order valence-electron chi connectivity index (χ2n) is 6.38. The van der Waals surface area contributed by atoms with Crippen LogP contribution in [-0.2, 0) is 11.3 Å². The molecule has 0 saturated heterocycles. The van der Waals surface area contributed by atoms with Crippen molar-refractivity contribution in [1.82, 2.24) is 30.0 Å². The van der Waals surface area contributed by atoms with Crippen LogP contribution in [0.1, 0.15) is 31.7 Å². The van der Waals surface area contributed by atoms with Crippen LogP contribution in [0.5, 0.6) is 0 Å². The highest BCUT2D eigenvalue weighted by molar-refractivity contribution is 5.85. The van der Waals surface area contributed by atoms with Gasteiger partial charge in [0.15, 0.2) is 0 Å². The van der Waals surface area contributed by atoms with E-state index in [1.54, 1.807) is 18.7 Å². The minimum absolute atomic E-state index is 0.00582. The molecule has 1 fully saturated rings. The van der Waals surface area contributed by atoms with Gasteiger partial charge in [-0.15, -0.1) is 0 Å². The molecule has 4 rings (SSSR count). The lowest BCUT2D eigenvalue weighted by atomic mass is 10.1. The molecule has 0 aliphatic heterocycles. The topological polar surface area (TPSA) is 98.7 Å². The van der Waals surface area contributed by atoms with Crippen LogP contribution < -0.4 is 5.32 Å². The van der Waals surface area contributed by atoms with Gasteiger partial charge in [0.25, 0.3) is 0 Å². The molecule has 1 aliphatic rings. The third kappa shape index (κ3) is 3.15. The molecular weight excluding hydrogens is 320 g/mol. The predicted octanol–water partition coefficient (Wildman–Crippen LogP) is 1.99. The highest BCUT2D eigenvalue weighted by Crippen LogP contribution is 2.47. The number of imidazole rings is 1. The Kier molecular flexibility index (Phi) is 3.79. The average molecular weight is 338 g/mol. The lowest BCUT2D eigenvalue weighted by Crippen LogP contribution is -2.36. The summed E-state index contributed by atoms with van der Waals surface area (Å²) in [5, 5.41) is 6.93. The molecule has 3 aromatic rings. The molecule has 8 heteroatoms. The van der Waals surface area contributed by atoms with Gasteiger partial charge in [-0.1, -0.05) is 11.2 Å². The highest BCUT2D eigenvalue weighted by Gasteiger charge is 2.50. The maximum Gasteiger partial charge on any atom is 0.249 e. The first-order valence-corrected chi connectivity index (χ1v) is 8.18. The van der Waals surface area contributed by atoms with Crippen molar-refractivity contribution in [3.8, 4) is 11.5 Å². The minimum atomic E-state index is -0.363. The molecule has 0 radical (unpaired) electrons. The summed E-state index contributed by atoms with van der Waals surface area (Å²) in [5.74, 6) is 0.787. The number of carbonyl (C=O) groups is 1. The molecule has 0 spiro atoms. The first-order valence-electron chi connectivity index (χ1n) is 8.18. The van der Waals surface area contributed by atoms with Crippen LogP contribution in [0.4, 0.5) is 0 Å². The van der Waals surface area contributed by atoms with Crippen LogP contribution in [0.3, 0.4) is 0 Å². The van der Waals surface area contributed by atoms with Gasteiger partial charge in [0, 0.05) is 25.1 Å². The number of pyridine rings is 1. The highest BCUT2D eigenvalue weighted by atomic mass is 16.5. The molecule has 1 amide bonds. The number of aromatic nitrogens is 5. The summed E-state index contributed by atoms with van der Waals surface area (Å²) in [6.45, 7) is 2.47. The maximum absolute atomic E-state index is 12.7. The van der Waals surface area contributed by atoms with Crippen LogP contribution in [0.15, 0.2) is 47.6 Å². The van der Waals surface area contributed by atoms with E-state index in [-0.39, 0.29) is 17.4 Å². The van der Waals surface area contributed by atoms with Crippen LogP contribution in [0, 0.1) is 5.41 Å². The summed E-state index contributed by atoms with van der Waals surface area (Å²) in [6.07, 6.45) is 8.72. The van der Waals surface area contributed by atoms with E-state index in [9.17, 15) is 4.79 Å². The lowest BCUT2D eigenvalue weighted by Gasteiger charge is -2.18. The van der Waals surface area contributed by atoms with Crippen LogP contribution in [0.2, 0.25) is 0 Å². The average Bonchev–Trinajstić information content (AvgIpc) is 3.03. The maximum atomic E-state index is 12.7. The minimum Gasteiger partial charge on any atom is -0.344 e. The van der Waals surface area contributed by atoms with Crippen molar-refractivity contribution in [1.29, 1.82) is 0 Å². The Morgan fingerprint density at radius 2 is 2.28 bits per heavy atom. The molecule has 3 heterocycles. The zero-order valence-electron chi connectivity index (χ0n) is 13.8. The molecule has 0 aromatic carbocycles. The molecule has 0 unspecified atom stereocenters. The van der Waals surface area contributed by atoms with Gasteiger partial charge in [-0.2, -0.15) is 4.98 Å². The zero-order chi connectivity index (χ0) is 17.3. The van der Waals surface area contributed by atoms with Gasteiger partial charge in [-0.3, -0.25) is 9.78 Å². The molecule has 1 atom stereocenters. The Morgan fingerprint density at radius 3 is 2.96 bits per heavy atom. The fraction of sp³-hybridized carbons (Fsp3) is 0.353. The fourth-order valence-corrected chi connectivity index (χ4v) is 2.76. The summed E-state index contributed by atoms with van der Waals surface area (Å²) in [5.41, 5.74) is 0.272. The molecule has 1 N–H and O–H groups in total. The summed E-state index contributed by atoms with van der Waals surface area (Å²) >= 11 is 0. The Labute approximate surface area is 144 Å². The van der Waals surface area contributed by atoms with Gasteiger partial charge in [-0.05, 0) is 31.9 Å². The standard InChI is InChI=1S/C17H18N6O2/c1-12(15-21-14(22-25-15)13-4-2-3-7-19-13)20-16(24)17(5-6-17)10-23-9-8-18-11-23/h2-4,7-9,11-12H,5-6,10H2,1H3,(H,20,24)/t12-/m0/s1. The molecule has 1 aliphatic carbocycles. The smallest absolute Gasteiger partial charge is 0.249 e. The van der Waals surface area contributed by atoms with E-state index in [2.05, 4.69) is 25.4 Å². The van der Waals surface area contributed by atoms with Gasteiger partial charge >= 0.3 is 0 Å². The summed E-state index contributed by atoms with van der Waals surface area (Å²) in [6, 6.07) is 5.12. The second-order valence-corrected chi connectivity index (χ2v) is 6.38. The quantitative estimate of drug-likeness (QED) is 0.738. The molecular formula is C17H18N6O2. The SMILES string of the molecule is C[C@H](NC(=O)C1(Cn2ccnc2)CC1)c1nc(-c2ccccn2)no1. The van der Waals surface area contributed by atoms with E-state index in [1.807, 2.05) is 35.9 Å². The molecule has 1 saturated carbocycles. The van der Waals surface area contributed by atoms with Crippen LogP contribution in [-0.4, -0.2) is 30.6 Å². The Bertz CT molecular complexity index is 854. The van der Waals surface area contributed by atoms with E-state index in [0.717, 1.165) is 12.8 Å². The van der Waals surface area contributed by atoms with Gasteiger partial charge in [-0.25, -0.2) is 4.98 Å². The number of amides is 1. The van der Waals surface area contributed by atoms with E-state index in [1.165, 1.54) is 0 Å². The number of nitrogens with one attached hydrogen (secondary N) is 1. The largest absolute Gasteiger partial charge is 0.344 e. The molecule has 128 valence electrons. The van der Waals surface area contributed by atoms with Gasteiger partial charge in [0.1, 0.15) is 11.7 Å². The van der Waals surface area contributed by atoms with Gasteiger partial charge < -0.3 is 14.4 Å². The molecule has 3 aromatic heterocycles. The van der Waals surface area contributed by atoms with Crippen molar-refractivity contribution in [2.75, 3.05) is 0 Å². The van der Waals surface area contributed by atoms with Gasteiger partial charge in [0.2, 0.25) is 17.6 Å². The van der Waals surface area contributed by atoms with Crippen molar-refractivity contribution >= 4 is 5.91 Å². The first-order chi connectivity index (χ1) is 12.2. The van der Waals surface area contributed by atoms with Gasteiger partial charge in [0.05, 0.1) is 11.7 Å². The normalized spacial score (nSPS) is 16.4. The second kappa shape index (κ2) is 6.12. The number of hydrogen-bond acceptors (Lipinski definition) is 6. The fourth-order valence-electron chi connectivity index (χ4n) is 2.76. The lowest BCUT2D eigenvalue weighted by molar-refractivity contribution is -0.127. The summed E-state index contributed by atoms with van der Waals surface area (Å²) in [7, 11) is 0. The van der Waals surface area contributed by atoms with E-state index < -0.39 is 0 Å². The third-order valence-corrected chi connectivity index (χ3v) is 4.43. The van der Waals surface area contributed by atoms with E-state index in [4.69, 9.17) is 4.52 Å². The molecule has 0 bridgehead atoms. The summed E-state index contributed by atoms with van der Waals surface area (Å²) < 4.78 is 7.22.